The Morgan fingerprint density at radius 1 is 1.03 bits per heavy atom. The normalized spacial score (nSPS) is 10.8. The smallest absolute Gasteiger partial charge is 0.255 e. The van der Waals surface area contributed by atoms with Gasteiger partial charge in [0.05, 0.1) is 23.1 Å². The first kappa shape index (κ1) is 22.8. The number of nitrogens with one attached hydrogen (secondary N) is 2. The second kappa shape index (κ2) is 10.1. The van der Waals surface area contributed by atoms with Crippen LogP contribution in [0, 0.1) is 13.8 Å². The molecule has 0 radical (unpaired) electrons. The number of benzene rings is 3. The number of anilines is 2. The number of hydrogen-bond acceptors (Lipinski definition) is 6. The number of carbonyl (C=O) groups is 2. The molecular formula is C25H23N3O3S2. The lowest BCUT2D eigenvalue weighted by atomic mass is 10.1. The van der Waals surface area contributed by atoms with Crippen LogP contribution >= 0.6 is 23.1 Å². The number of amides is 2. The number of carbonyl (C=O) groups excluding carboxylic acids is 2. The topological polar surface area (TPSA) is 80.3 Å². The van der Waals surface area contributed by atoms with Gasteiger partial charge in [0.2, 0.25) is 5.91 Å². The van der Waals surface area contributed by atoms with Crippen LogP contribution in [0.2, 0.25) is 0 Å². The van der Waals surface area contributed by atoms with Gasteiger partial charge in [0.1, 0.15) is 5.75 Å². The van der Waals surface area contributed by atoms with E-state index in [1.165, 1.54) is 23.1 Å². The third kappa shape index (κ3) is 5.53. The molecule has 0 atom stereocenters. The quantitative estimate of drug-likeness (QED) is 0.324. The summed E-state index contributed by atoms with van der Waals surface area (Å²) < 4.78 is 6.93. The van der Waals surface area contributed by atoms with Crippen LogP contribution in [-0.4, -0.2) is 29.7 Å². The van der Waals surface area contributed by atoms with Gasteiger partial charge in [-0.3, -0.25) is 9.59 Å². The lowest BCUT2D eigenvalue weighted by Crippen LogP contribution is -2.15. The maximum Gasteiger partial charge on any atom is 0.255 e. The number of ether oxygens (including phenoxy) is 1. The van der Waals surface area contributed by atoms with Crippen molar-refractivity contribution in [3.05, 3.63) is 77.4 Å². The number of thioether (sulfide) groups is 1. The molecule has 0 saturated carbocycles. The Bertz CT molecular complexity index is 1330. The van der Waals surface area contributed by atoms with Crippen molar-refractivity contribution in [2.45, 2.75) is 18.2 Å². The van der Waals surface area contributed by atoms with Gasteiger partial charge in [0.15, 0.2) is 4.34 Å². The third-order valence-corrected chi connectivity index (χ3v) is 7.33. The monoisotopic (exact) mass is 477 g/mol. The Balaban J connectivity index is 1.39. The number of thiazole rings is 1. The van der Waals surface area contributed by atoms with Gasteiger partial charge in [-0.15, -0.1) is 11.3 Å². The average Bonchev–Trinajstić information content (AvgIpc) is 3.23. The predicted molar refractivity (Wildman–Crippen MR) is 136 cm³/mol. The first-order chi connectivity index (χ1) is 15.9. The highest BCUT2D eigenvalue weighted by Crippen LogP contribution is 2.31. The molecule has 4 aromatic rings. The molecule has 33 heavy (non-hydrogen) atoms. The van der Waals surface area contributed by atoms with Crippen LogP contribution in [0.1, 0.15) is 21.5 Å². The van der Waals surface area contributed by atoms with E-state index in [0.717, 1.165) is 31.4 Å². The minimum atomic E-state index is -0.213. The minimum absolute atomic E-state index is 0.0702. The molecule has 0 aliphatic rings. The Hall–Kier alpha value is -3.36. The zero-order chi connectivity index (χ0) is 23.4. The average molecular weight is 478 g/mol. The zero-order valence-corrected chi connectivity index (χ0v) is 20.1. The molecule has 0 unspecified atom stereocenters. The van der Waals surface area contributed by atoms with Crippen molar-refractivity contribution < 1.29 is 14.3 Å². The third-order valence-electron chi connectivity index (χ3n) is 5.16. The van der Waals surface area contributed by atoms with Crippen molar-refractivity contribution in [3.8, 4) is 5.75 Å². The van der Waals surface area contributed by atoms with Crippen molar-refractivity contribution in [3.63, 3.8) is 0 Å². The van der Waals surface area contributed by atoms with Gasteiger partial charge >= 0.3 is 0 Å². The van der Waals surface area contributed by atoms with Crippen LogP contribution in [0.5, 0.6) is 5.75 Å². The molecule has 2 amide bonds. The van der Waals surface area contributed by atoms with Crippen LogP contribution in [0.4, 0.5) is 11.4 Å². The first-order valence-electron chi connectivity index (χ1n) is 10.3. The van der Waals surface area contributed by atoms with Crippen LogP contribution in [0.3, 0.4) is 0 Å². The van der Waals surface area contributed by atoms with Crippen molar-refractivity contribution >= 4 is 56.5 Å². The highest BCUT2D eigenvalue weighted by Gasteiger charge is 2.12. The molecule has 0 aliphatic carbocycles. The Kier molecular flexibility index (Phi) is 6.96. The van der Waals surface area contributed by atoms with Gasteiger partial charge in [-0.1, -0.05) is 30.0 Å². The zero-order valence-electron chi connectivity index (χ0n) is 18.5. The molecule has 0 bridgehead atoms. The van der Waals surface area contributed by atoms with E-state index in [1.54, 1.807) is 31.4 Å². The fourth-order valence-corrected chi connectivity index (χ4v) is 5.12. The van der Waals surface area contributed by atoms with Crippen molar-refractivity contribution in [2.75, 3.05) is 23.5 Å². The first-order valence-corrected chi connectivity index (χ1v) is 12.1. The molecule has 2 N–H and O–H groups in total. The van der Waals surface area contributed by atoms with E-state index in [9.17, 15) is 9.59 Å². The molecule has 0 saturated heterocycles. The van der Waals surface area contributed by atoms with Gasteiger partial charge in [0, 0.05) is 16.9 Å². The van der Waals surface area contributed by atoms with Gasteiger partial charge in [-0.05, 0) is 67.4 Å². The number of aromatic nitrogens is 1. The molecule has 0 spiro atoms. The van der Waals surface area contributed by atoms with Crippen LogP contribution in [-0.2, 0) is 4.79 Å². The summed E-state index contributed by atoms with van der Waals surface area (Å²) in [6, 6.07) is 18.4. The van der Waals surface area contributed by atoms with Gasteiger partial charge < -0.3 is 15.4 Å². The summed E-state index contributed by atoms with van der Waals surface area (Å²) in [5.74, 6) is 0.616. The molecule has 1 heterocycles. The van der Waals surface area contributed by atoms with Crippen molar-refractivity contribution in [2.24, 2.45) is 0 Å². The molecule has 168 valence electrons. The van der Waals surface area contributed by atoms with E-state index in [0.29, 0.717) is 17.0 Å². The van der Waals surface area contributed by atoms with E-state index in [2.05, 4.69) is 15.6 Å². The lowest BCUT2D eigenvalue weighted by Gasteiger charge is -2.09. The van der Waals surface area contributed by atoms with E-state index < -0.39 is 0 Å². The van der Waals surface area contributed by atoms with Gasteiger partial charge in [0.25, 0.3) is 5.91 Å². The maximum atomic E-state index is 12.6. The Morgan fingerprint density at radius 2 is 1.85 bits per heavy atom. The maximum absolute atomic E-state index is 12.6. The van der Waals surface area contributed by atoms with Gasteiger partial charge in [-0.25, -0.2) is 4.98 Å². The highest BCUT2D eigenvalue weighted by molar-refractivity contribution is 8.01. The number of rotatable bonds is 7. The standard InChI is InChI=1S/C25H23N3O3S2/c1-15-6-4-9-20(16(15)2)27-23(29)14-32-25-28-21-11-10-18(13-22(21)33-25)26-24(30)17-7-5-8-19(12-17)31-3/h4-13H,14H2,1-3H3,(H,26,30)(H,27,29). The summed E-state index contributed by atoms with van der Waals surface area (Å²) in [5, 5.41) is 5.88. The number of aryl methyl sites for hydroxylation is 1. The van der Waals surface area contributed by atoms with Crippen molar-refractivity contribution in [1.29, 1.82) is 0 Å². The number of methoxy groups -OCH3 is 1. The second-order valence-corrected chi connectivity index (χ2v) is 9.69. The summed E-state index contributed by atoms with van der Waals surface area (Å²) in [7, 11) is 1.57. The van der Waals surface area contributed by atoms with Gasteiger partial charge in [-0.2, -0.15) is 0 Å². The molecule has 4 rings (SSSR count). The lowest BCUT2D eigenvalue weighted by molar-refractivity contribution is -0.113. The fourth-order valence-electron chi connectivity index (χ4n) is 3.21. The molecule has 0 aliphatic heterocycles. The van der Waals surface area contributed by atoms with Crippen LogP contribution in [0.15, 0.2) is 65.0 Å². The Morgan fingerprint density at radius 3 is 2.67 bits per heavy atom. The van der Waals surface area contributed by atoms with Crippen LogP contribution in [0.25, 0.3) is 10.2 Å². The Labute approximate surface area is 200 Å². The molecule has 3 aromatic carbocycles. The minimum Gasteiger partial charge on any atom is -0.497 e. The van der Waals surface area contributed by atoms with Crippen LogP contribution < -0.4 is 15.4 Å². The van der Waals surface area contributed by atoms with E-state index in [4.69, 9.17) is 4.74 Å². The fraction of sp³-hybridized carbons (Fsp3) is 0.160. The number of nitrogens with zero attached hydrogens (tertiary/aromatic N) is 1. The summed E-state index contributed by atoms with van der Waals surface area (Å²) in [6.45, 7) is 4.02. The highest BCUT2D eigenvalue weighted by atomic mass is 32.2. The van der Waals surface area contributed by atoms with E-state index in [1.807, 2.05) is 50.2 Å². The SMILES string of the molecule is COc1cccc(C(=O)Nc2ccc3nc(SCC(=O)Nc4cccc(C)c4C)sc3c2)c1. The second-order valence-electron chi connectivity index (χ2n) is 7.43. The molecule has 8 heteroatoms. The predicted octanol–water partition coefficient (Wildman–Crippen LogP) is 5.90. The molecule has 6 nitrogen and oxygen atoms in total. The molecule has 1 aromatic heterocycles. The van der Waals surface area contributed by atoms with Crippen molar-refractivity contribution in [1.82, 2.24) is 4.98 Å². The molecular weight excluding hydrogens is 454 g/mol. The van der Waals surface area contributed by atoms with E-state index in [-0.39, 0.29) is 17.6 Å². The number of hydrogen-bond donors (Lipinski definition) is 2. The van der Waals surface area contributed by atoms with E-state index >= 15 is 0 Å². The molecule has 0 fully saturated rings. The summed E-state index contributed by atoms with van der Waals surface area (Å²) >= 11 is 2.89. The largest absolute Gasteiger partial charge is 0.497 e. The number of fused-ring (bicyclic) bond motifs is 1. The summed E-state index contributed by atoms with van der Waals surface area (Å²) in [6.07, 6.45) is 0. The summed E-state index contributed by atoms with van der Waals surface area (Å²) in [5.41, 5.74) is 5.08. The summed E-state index contributed by atoms with van der Waals surface area (Å²) in [4.78, 5) is 29.6.